The second kappa shape index (κ2) is 5.85. The van der Waals surface area contributed by atoms with Gasteiger partial charge in [0.1, 0.15) is 5.75 Å². The number of non-ortho nitro benzene ring substituents is 1. The van der Waals surface area contributed by atoms with E-state index in [1.807, 2.05) is 0 Å². The zero-order valence-electron chi connectivity index (χ0n) is 10.1. The molecule has 0 atom stereocenters. The smallest absolute Gasteiger partial charge is 0.274 e. The van der Waals surface area contributed by atoms with Crippen molar-refractivity contribution in [3.8, 4) is 17.6 Å². The highest BCUT2D eigenvalue weighted by Gasteiger charge is 2.16. The lowest BCUT2D eigenvalue weighted by Gasteiger charge is -2.08. The van der Waals surface area contributed by atoms with Crippen LogP contribution in [0.5, 0.6) is 11.5 Å². The standard InChI is InChI=1S/C13H5BrF2N2O3/c14-8-3-9(18(19)20)5-10(4-8)21-13-11(15)1-7(6-17)2-12(13)16/h1-5H. The van der Waals surface area contributed by atoms with E-state index in [1.165, 1.54) is 12.1 Å². The first-order chi connectivity index (χ1) is 9.90. The van der Waals surface area contributed by atoms with Gasteiger partial charge in [-0.1, -0.05) is 15.9 Å². The molecule has 0 saturated carbocycles. The van der Waals surface area contributed by atoms with Crippen LogP contribution in [0.25, 0.3) is 0 Å². The third-order valence-corrected chi connectivity index (χ3v) is 2.87. The van der Waals surface area contributed by atoms with E-state index in [0.29, 0.717) is 4.47 Å². The fourth-order valence-electron chi connectivity index (χ4n) is 1.55. The topological polar surface area (TPSA) is 76.2 Å². The molecule has 0 aliphatic heterocycles. The molecular formula is C13H5BrF2N2O3. The van der Waals surface area contributed by atoms with Crippen molar-refractivity contribution in [3.05, 3.63) is 62.1 Å². The highest BCUT2D eigenvalue weighted by Crippen LogP contribution is 2.32. The molecular weight excluding hydrogens is 350 g/mol. The van der Waals surface area contributed by atoms with Gasteiger partial charge < -0.3 is 4.74 Å². The van der Waals surface area contributed by atoms with Gasteiger partial charge in [0.05, 0.1) is 22.6 Å². The van der Waals surface area contributed by atoms with E-state index in [-0.39, 0.29) is 17.0 Å². The fourth-order valence-corrected chi connectivity index (χ4v) is 2.01. The molecule has 0 aliphatic carbocycles. The number of nitriles is 1. The van der Waals surface area contributed by atoms with Crippen LogP contribution in [-0.4, -0.2) is 4.92 Å². The number of ether oxygens (including phenoxy) is 1. The maximum Gasteiger partial charge on any atom is 0.274 e. The summed E-state index contributed by atoms with van der Waals surface area (Å²) >= 11 is 3.04. The molecule has 0 aliphatic rings. The van der Waals surface area contributed by atoms with Gasteiger partial charge in [0.15, 0.2) is 17.4 Å². The molecule has 2 rings (SSSR count). The summed E-state index contributed by atoms with van der Waals surface area (Å²) in [6.07, 6.45) is 0. The molecule has 0 radical (unpaired) electrons. The predicted molar refractivity (Wildman–Crippen MR) is 71.9 cm³/mol. The van der Waals surface area contributed by atoms with E-state index in [1.54, 1.807) is 6.07 Å². The number of halogens is 3. The first kappa shape index (κ1) is 14.9. The Bertz CT molecular complexity index is 751. The molecule has 21 heavy (non-hydrogen) atoms. The van der Waals surface area contributed by atoms with Crippen LogP contribution in [-0.2, 0) is 0 Å². The van der Waals surface area contributed by atoms with Gasteiger partial charge in [-0.3, -0.25) is 10.1 Å². The Morgan fingerprint density at radius 3 is 2.33 bits per heavy atom. The quantitative estimate of drug-likeness (QED) is 0.608. The summed E-state index contributed by atoms with van der Waals surface area (Å²) in [6, 6.07) is 6.79. The molecule has 2 aromatic rings. The molecule has 5 nitrogen and oxygen atoms in total. The van der Waals surface area contributed by atoms with Gasteiger partial charge in [-0.05, 0) is 18.2 Å². The molecule has 0 unspecified atom stereocenters. The minimum Gasteiger partial charge on any atom is -0.451 e. The minimum atomic E-state index is -1.07. The summed E-state index contributed by atoms with van der Waals surface area (Å²) in [6.45, 7) is 0. The van der Waals surface area contributed by atoms with Gasteiger partial charge in [-0.25, -0.2) is 8.78 Å². The fraction of sp³-hybridized carbons (Fsp3) is 0. The van der Waals surface area contributed by atoms with Crippen LogP contribution in [0.3, 0.4) is 0 Å². The van der Waals surface area contributed by atoms with Gasteiger partial charge in [-0.15, -0.1) is 0 Å². The summed E-state index contributed by atoms with van der Waals surface area (Å²) in [5.41, 5.74) is -0.494. The lowest BCUT2D eigenvalue weighted by atomic mass is 10.2. The number of nitro groups is 1. The van der Waals surface area contributed by atoms with Crippen molar-refractivity contribution in [2.75, 3.05) is 0 Å². The van der Waals surface area contributed by atoms with Crippen LogP contribution in [0.1, 0.15) is 5.56 Å². The normalized spacial score (nSPS) is 10.0. The van der Waals surface area contributed by atoms with Crippen LogP contribution in [0.15, 0.2) is 34.8 Å². The second-order valence-corrected chi connectivity index (χ2v) is 4.80. The van der Waals surface area contributed by atoms with Gasteiger partial charge in [-0.2, -0.15) is 5.26 Å². The van der Waals surface area contributed by atoms with Crippen LogP contribution < -0.4 is 4.74 Å². The Balaban J connectivity index is 2.44. The lowest BCUT2D eigenvalue weighted by molar-refractivity contribution is -0.385. The summed E-state index contributed by atoms with van der Waals surface area (Å²) in [4.78, 5) is 10.1. The maximum absolute atomic E-state index is 13.7. The molecule has 0 aromatic heterocycles. The summed E-state index contributed by atoms with van der Waals surface area (Å²) in [7, 11) is 0. The highest BCUT2D eigenvalue weighted by atomic mass is 79.9. The van der Waals surface area contributed by atoms with Crippen molar-refractivity contribution in [1.82, 2.24) is 0 Å². The molecule has 0 bridgehead atoms. The molecule has 106 valence electrons. The van der Waals surface area contributed by atoms with Crippen LogP contribution in [0.2, 0.25) is 0 Å². The Hall–Kier alpha value is -2.53. The predicted octanol–water partition coefficient (Wildman–Crippen LogP) is 4.30. The van der Waals surface area contributed by atoms with Crippen molar-refractivity contribution < 1.29 is 18.4 Å². The number of benzene rings is 2. The van der Waals surface area contributed by atoms with E-state index in [4.69, 9.17) is 10.00 Å². The first-order valence-corrected chi connectivity index (χ1v) is 6.22. The molecule has 2 aromatic carbocycles. The van der Waals surface area contributed by atoms with Gasteiger partial charge in [0.25, 0.3) is 5.69 Å². The lowest BCUT2D eigenvalue weighted by Crippen LogP contribution is -1.95. The average Bonchev–Trinajstić information content (AvgIpc) is 2.42. The SMILES string of the molecule is N#Cc1cc(F)c(Oc2cc(Br)cc([N+](=O)[O-])c2)c(F)c1. The molecule has 0 amide bonds. The van der Waals surface area contributed by atoms with Crippen molar-refractivity contribution in [1.29, 1.82) is 5.26 Å². The minimum absolute atomic E-state index is 0.112. The van der Waals surface area contributed by atoms with Crippen molar-refractivity contribution in [2.24, 2.45) is 0 Å². The van der Waals surface area contributed by atoms with E-state index in [2.05, 4.69) is 15.9 Å². The van der Waals surface area contributed by atoms with Crippen LogP contribution >= 0.6 is 15.9 Å². The Labute approximate surface area is 125 Å². The van der Waals surface area contributed by atoms with Crippen molar-refractivity contribution in [3.63, 3.8) is 0 Å². The molecule has 0 N–H and O–H groups in total. The van der Waals surface area contributed by atoms with E-state index < -0.39 is 22.3 Å². The third-order valence-electron chi connectivity index (χ3n) is 2.41. The largest absolute Gasteiger partial charge is 0.451 e. The molecule has 0 fully saturated rings. The molecule has 0 saturated heterocycles. The Morgan fingerprint density at radius 1 is 1.19 bits per heavy atom. The van der Waals surface area contributed by atoms with Gasteiger partial charge in [0.2, 0.25) is 0 Å². The maximum atomic E-state index is 13.7. The van der Waals surface area contributed by atoms with Crippen LogP contribution in [0.4, 0.5) is 14.5 Å². The molecule has 0 spiro atoms. The third kappa shape index (κ3) is 3.32. The number of hydrogen-bond donors (Lipinski definition) is 0. The van der Waals surface area contributed by atoms with Crippen molar-refractivity contribution >= 4 is 21.6 Å². The number of nitrogens with zero attached hydrogens (tertiary/aromatic N) is 2. The highest BCUT2D eigenvalue weighted by molar-refractivity contribution is 9.10. The second-order valence-electron chi connectivity index (χ2n) is 3.89. The van der Waals surface area contributed by atoms with Gasteiger partial charge in [0, 0.05) is 10.5 Å². The van der Waals surface area contributed by atoms with Crippen molar-refractivity contribution in [2.45, 2.75) is 0 Å². The van der Waals surface area contributed by atoms with E-state index in [0.717, 1.165) is 18.2 Å². The number of rotatable bonds is 3. The van der Waals surface area contributed by atoms with Crippen LogP contribution in [0, 0.1) is 33.1 Å². The number of nitro benzene ring substituents is 1. The molecule has 8 heteroatoms. The van der Waals surface area contributed by atoms with E-state index in [9.17, 15) is 18.9 Å². The molecule has 0 heterocycles. The zero-order valence-corrected chi connectivity index (χ0v) is 11.7. The van der Waals surface area contributed by atoms with E-state index >= 15 is 0 Å². The Morgan fingerprint density at radius 2 is 1.81 bits per heavy atom. The Kier molecular flexibility index (Phi) is 4.14. The summed E-state index contributed by atoms with van der Waals surface area (Å²) < 4.78 is 32.7. The average molecular weight is 355 g/mol. The summed E-state index contributed by atoms with van der Waals surface area (Å²) in [5, 5.41) is 19.3. The first-order valence-electron chi connectivity index (χ1n) is 5.42. The number of hydrogen-bond acceptors (Lipinski definition) is 4. The summed E-state index contributed by atoms with van der Waals surface area (Å²) in [5.74, 6) is -3.00. The monoisotopic (exact) mass is 354 g/mol. The van der Waals surface area contributed by atoms with Gasteiger partial charge >= 0.3 is 0 Å². The zero-order chi connectivity index (χ0) is 15.6.